The van der Waals surface area contributed by atoms with E-state index in [1.54, 1.807) is 11.3 Å². The van der Waals surface area contributed by atoms with Gasteiger partial charge in [-0.05, 0) is 13.3 Å². The Balaban J connectivity index is 2.41. The average molecular weight is 240 g/mol. The van der Waals surface area contributed by atoms with E-state index in [1.807, 2.05) is 0 Å². The highest BCUT2D eigenvalue weighted by Crippen LogP contribution is 2.23. The van der Waals surface area contributed by atoms with Crippen LogP contribution in [-0.2, 0) is 11.8 Å². The van der Waals surface area contributed by atoms with Gasteiger partial charge in [-0.1, -0.05) is 27.7 Å². The molecule has 1 aromatic heterocycles. The molecular weight excluding hydrogens is 216 g/mol. The fourth-order valence-corrected chi connectivity index (χ4v) is 2.36. The molecule has 1 atom stereocenters. The Hall–Kier alpha value is -0.410. The molecule has 0 bridgehead atoms. The first-order valence-corrected chi connectivity index (χ1v) is 6.99. The summed E-state index contributed by atoms with van der Waals surface area (Å²) in [5, 5.41) is 6.94. The predicted octanol–water partition coefficient (Wildman–Crippen LogP) is 3.37. The monoisotopic (exact) mass is 240 g/mol. The van der Waals surface area contributed by atoms with Crippen LogP contribution in [0.1, 0.15) is 51.7 Å². The van der Waals surface area contributed by atoms with E-state index >= 15 is 0 Å². The normalized spacial score (nSPS) is 14.1. The first-order valence-electron chi connectivity index (χ1n) is 6.11. The first-order chi connectivity index (χ1) is 7.43. The molecule has 0 spiro atoms. The highest BCUT2D eigenvalue weighted by Gasteiger charge is 2.17. The minimum absolute atomic E-state index is 0.179. The maximum atomic E-state index is 4.68. The van der Waals surface area contributed by atoms with E-state index in [9.17, 15) is 0 Å². The number of nitrogens with zero attached hydrogens (tertiary/aromatic N) is 1. The lowest BCUT2D eigenvalue weighted by Crippen LogP contribution is -2.27. The Morgan fingerprint density at radius 1 is 1.44 bits per heavy atom. The van der Waals surface area contributed by atoms with Gasteiger partial charge < -0.3 is 5.32 Å². The molecule has 0 saturated carbocycles. The van der Waals surface area contributed by atoms with Gasteiger partial charge in [0.25, 0.3) is 0 Å². The number of hydrogen-bond acceptors (Lipinski definition) is 3. The summed E-state index contributed by atoms with van der Waals surface area (Å²) in [5.41, 5.74) is 1.40. The van der Waals surface area contributed by atoms with Gasteiger partial charge in [-0.25, -0.2) is 4.98 Å². The first kappa shape index (κ1) is 13.7. The average Bonchev–Trinajstić information content (AvgIpc) is 2.65. The van der Waals surface area contributed by atoms with E-state index in [2.05, 4.69) is 50.3 Å². The standard InChI is InChI=1S/C13H24N2S/c1-6-10(2)14-8-7-12-15-11(9-16-12)13(3,4)5/h9-10,14H,6-8H2,1-5H3. The molecule has 3 heteroatoms. The lowest BCUT2D eigenvalue weighted by atomic mass is 9.93. The van der Waals surface area contributed by atoms with Crippen molar-refractivity contribution in [3.8, 4) is 0 Å². The Morgan fingerprint density at radius 2 is 2.12 bits per heavy atom. The van der Waals surface area contributed by atoms with Crippen molar-refractivity contribution >= 4 is 11.3 Å². The Morgan fingerprint density at radius 3 is 2.62 bits per heavy atom. The number of hydrogen-bond donors (Lipinski definition) is 1. The van der Waals surface area contributed by atoms with Gasteiger partial charge in [0, 0.05) is 29.8 Å². The van der Waals surface area contributed by atoms with E-state index in [4.69, 9.17) is 0 Å². The van der Waals surface area contributed by atoms with Crippen molar-refractivity contribution in [2.45, 2.75) is 58.9 Å². The summed E-state index contributed by atoms with van der Waals surface area (Å²) in [4.78, 5) is 4.68. The van der Waals surface area contributed by atoms with Gasteiger partial charge >= 0.3 is 0 Å². The summed E-state index contributed by atoms with van der Waals surface area (Å²) in [6, 6.07) is 0.613. The van der Waals surface area contributed by atoms with Crippen molar-refractivity contribution in [1.82, 2.24) is 10.3 Å². The van der Waals surface area contributed by atoms with Gasteiger partial charge in [-0.15, -0.1) is 11.3 Å². The summed E-state index contributed by atoms with van der Waals surface area (Å²) >= 11 is 1.78. The molecule has 1 aromatic rings. The van der Waals surface area contributed by atoms with E-state index in [0.29, 0.717) is 6.04 Å². The van der Waals surface area contributed by atoms with E-state index < -0.39 is 0 Å². The summed E-state index contributed by atoms with van der Waals surface area (Å²) in [6.07, 6.45) is 2.23. The summed E-state index contributed by atoms with van der Waals surface area (Å²) in [5.74, 6) is 0. The van der Waals surface area contributed by atoms with E-state index in [-0.39, 0.29) is 5.41 Å². The maximum Gasteiger partial charge on any atom is 0.0941 e. The molecule has 0 aliphatic rings. The van der Waals surface area contributed by atoms with E-state index in [1.165, 1.54) is 17.1 Å². The lowest BCUT2D eigenvalue weighted by Gasteiger charge is -2.14. The molecule has 1 unspecified atom stereocenters. The number of rotatable bonds is 5. The minimum Gasteiger partial charge on any atom is -0.314 e. The lowest BCUT2D eigenvalue weighted by molar-refractivity contribution is 0.534. The van der Waals surface area contributed by atoms with Crippen LogP contribution in [0.4, 0.5) is 0 Å². The Labute approximate surface area is 103 Å². The highest BCUT2D eigenvalue weighted by atomic mass is 32.1. The molecule has 92 valence electrons. The zero-order valence-corrected chi connectivity index (χ0v) is 11.9. The molecule has 16 heavy (non-hydrogen) atoms. The Bertz CT molecular complexity index is 312. The number of nitrogens with one attached hydrogen (secondary N) is 1. The van der Waals surface area contributed by atoms with Crippen LogP contribution in [0.2, 0.25) is 0 Å². The third kappa shape index (κ3) is 4.22. The van der Waals surface area contributed by atoms with Crippen LogP contribution < -0.4 is 5.32 Å². The number of aromatic nitrogens is 1. The molecule has 1 N–H and O–H groups in total. The molecule has 1 heterocycles. The summed E-state index contributed by atoms with van der Waals surface area (Å²) in [7, 11) is 0. The predicted molar refractivity (Wildman–Crippen MR) is 72.3 cm³/mol. The second-order valence-corrected chi connectivity index (χ2v) is 6.33. The van der Waals surface area contributed by atoms with Crippen molar-refractivity contribution in [2.24, 2.45) is 0 Å². The van der Waals surface area contributed by atoms with Crippen LogP contribution in [-0.4, -0.2) is 17.6 Å². The molecule has 2 nitrogen and oxygen atoms in total. The van der Waals surface area contributed by atoms with Crippen molar-refractivity contribution in [3.63, 3.8) is 0 Å². The third-order valence-corrected chi connectivity index (χ3v) is 3.67. The van der Waals surface area contributed by atoms with Crippen LogP contribution in [0.3, 0.4) is 0 Å². The minimum atomic E-state index is 0.179. The van der Waals surface area contributed by atoms with Crippen LogP contribution in [0.5, 0.6) is 0 Å². The topological polar surface area (TPSA) is 24.9 Å². The summed E-state index contributed by atoms with van der Waals surface area (Å²) < 4.78 is 0. The van der Waals surface area contributed by atoms with Crippen LogP contribution in [0.15, 0.2) is 5.38 Å². The zero-order valence-electron chi connectivity index (χ0n) is 11.1. The van der Waals surface area contributed by atoms with Crippen molar-refractivity contribution in [3.05, 3.63) is 16.1 Å². The molecule has 0 saturated heterocycles. The van der Waals surface area contributed by atoms with E-state index in [0.717, 1.165) is 13.0 Å². The molecular formula is C13H24N2S. The quantitative estimate of drug-likeness (QED) is 0.853. The van der Waals surface area contributed by atoms with Gasteiger partial charge in [0.1, 0.15) is 0 Å². The molecule has 0 radical (unpaired) electrons. The van der Waals surface area contributed by atoms with Gasteiger partial charge in [0.05, 0.1) is 10.7 Å². The smallest absolute Gasteiger partial charge is 0.0941 e. The Kier molecular flexibility index (Phi) is 4.93. The molecule has 0 fully saturated rings. The third-order valence-electron chi connectivity index (χ3n) is 2.76. The van der Waals surface area contributed by atoms with Crippen molar-refractivity contribution in [1.29, 1.82) is 0 Å². The second-order valence-electron chi connectivity index (χ2n) is 5.39. The van der Waals surface area contributed by atoms with Crippen LogP contribution >= 0.6 is 11.3 Å². The fourth-order valence-electron chi connectivity index (χ4n) is 1.34. The van der Waals surface area contributed by atoms with Gasteiger partial charge in [0.2, 0.25) is 0 Å². The highest BCUT2D eigenvalue weighted by molar-refractivity contribution is 7.09. The zero-order chi connectivity index (χ0) is 12.2. The van der Waals surface area contributed by atoms with Crippen molar-refractivity contribution < 1.29 is 0 Å². The largest absolute Gasteiger partial charge is 0.314 e. The maximum absolute atomic E-state index is 4.68. The summed E-state index contributed by atoms with van der Waals surface area (Å²) in [6.45, 7) is 12.1. The molecule has 1 rings (SSSR count). The molecule has 0 aliphatic carbocycles. The van der Waals surface area contributed by atoms with Gasteiger partial charge in [0.15, 0.2) is 0 Å². The fraction of sp³-hybridized carbons (Fsp3) is 0.769. The molecule has 0 aliphatic heterocycles. The molecule has 0 amide bonds. The SMILES string of the molecule is CCC(C)NCCc1nc(C(C)(C)C)cs1. The second kappa shape index (κ2) is 5.78. The molecule has 0 aromatic carbocycles. The van der Waals surface area contributed by atoms with Crippen LogP contribution in [0.25, 0.3) is 0 Å². The van der Waals surface area contributed by atoms with Gasteiger partial charge in [-0.2, -0.15) is 0 Å². The van der Waals surface area contributed by atoms with Crippen molar-refractivity contribution in [2.75, 3.05) is 6.54 Å². The number of thiazole rings is 1. The van der Waals surface area contributed by atoms with Crippen LogP contribution in [0, 0.1) is 0 Å². The van der Waals surface area contributed by atoms with Gasteiger partial charge in [-0.3, -0.25) is 0 Å².